The maximum Gasteiger partial charge on any atom is 0.325 e. The Labute approximate surface area is 155 Å². The molecule has 0 aliphatic carbocycles. The van der Waals surface area contributed by atoms with Crippen LogP contribution >= 0.6 is 11.3 Å². The zero-order chi connectivity index (χ0) is 18.9. The van der Waals surface area contributed by atoms with E-state index in [4.69, 9.17) is 0 Å². The van der Waals surface area contributed by atoms with Crippen molar-refractivity contribution >= 4 is 34.3 Å². The number of amides is 4. The molecule has 1 aliphatic heterocycles. The zero-order valence-electron chi connectivity index (χ0n) is 14.8. The Morgan fingerprint density at radius 1 is 1.31 bits per heavy atom. The maximum atomic E-state index is 12.8. The van der Waals surface area contributed by atoms with Crippen molar-refractivity contribution in [3.8, 4) is 0 Å². The Hall–Kier alpha value is -2.74. The largest absolute Gasteiger partial charge is 0.325 e. The number of hydrogen-bond acceptors (Lipinski definition) is 5. The molecule has 0 radical (unpaired) electrons. The summed E-state index contributed by atoms with van der Waals surface area (Å²) >= 11 is 1.32. The molecule has 3 rings (SSSR count). The van der Waals surface area contributed by atoms with Crippen LogP contribution in [0.15, 0.2) is 35.7 Å². The van der Waals surface area contributed by atoms with E-state index in [2.05, 4.69) is 15.6 Å². The molecule has 1 aliphatic rings. The van der Waals surface area contributed by atoms with Gasteiger partial charge in [-0.15, -0.1) is 11.3 Å². The lowest BCUT2D eigenvalue weighted by atomic mass is 9.92. The van der Waals surface area contributed by atoms with Gasteiger partial charge in [0, 0.05) is 5.38 Å². The summed E-state index contributed by atoms with van der Waals surface area (Å²) in [5.74, 6) is -0.657. The Morgan fingerprint density at radius 2 is 2.00 bits per heavy atom. The minimum Gasteiger partial charge on any atom is -0.319 e. The van der Waals surface area contributed by atoms with E-state index < -0.39 is 23.4 Å². The molecule has 8 heteroatoms. The molecule has 0 bridgehead atoms. The van der Waals surface area contributed by atoms with Gasteiger partial charge in [-0.25, -0.2) is 9.78 Å². The number of nitrogens with zero attached hydrogens (tertiary/aromatic N) is 2. The number of thiazole rings is 1. The lowest BCUT2D eigenvalue weighted by molar-refractivity contribution is -0.133. The zero-order valence-corrected chi connectivity index (χ0v) is 15.6. The minimum absolute atomic E-state index is 0.259. The highest BCUT2D eigenvalue weighted by atomic mass is 32.1. The Balaban J connectivity index is 1.70. The van der Waals surface area contributed by atoms with Crippen LogP contribution in [0.2, 0.25) is 0 Å². The highest BCUT2D eigenvalue weighted by Crippen LogP contribution is 2.28. The van der Waals surface area contributed by atoms with Crippen LogP contribution in [0.4, 0.5) is 9.93 Å². The van der Waals surface area contributed by atoms with Gasteiger partial charge in [0.25, 0.3) is 5.91 Å². The lowest BCUT2D eigenvalue weighted by Gasteiger charge is -2.21. The Kier molecular flexibility index (Phi) is 4.78. The van der Waals surface area contributed by atoms with E-state index in [0.717, 1.165) is 10.6 Å². The van der Waals surface area contributed by atoms with Gasteiger partial charge < -0.3 is 10.6 Å². The molecule has 1 aromatic carbocycles. The fourth-order valence-electron chi connectivity index (χ4n) is 2.72. The molecule has 26 heavy (non-hydrogen) atoms. The van der Waals surface area contributed by atoms with Gasteiger partial charge >= 0.3 is 6.03 Å². The number of carbonyl (C=O) groups excluding carboxylic acids is 3. The third-order valence-corrected chi connectivity index (χ3v) is 5.06. The highest BCUT2D eigenvalue weighted by molar-refractivity contribution is 7.13. The summed E-state index contributed by atoms with van der Waals surface area (Å²) in [4.78, 5) is 42.5. The number of hydrogen-bond donors (Lipinski definition) is 2. The number of rotatable bonds is 5. The molecule has 0 saturated carbocycles. The summed E-state index contributed by atoms with van der Waals surface area (Å²) in [5.41, 5.74) is 0.379. The fourth-order valence-corrected chi connectivity index (χ4v) is 3.61. The van der Waals surface area contributed by atoms with Crippen molar-refractivity contribution in [3.63, 3.8) is 0 Å². The monoisotopic (exact) mass is 372 g/mol. The molecular weight excluding hydrogens is 352 g/mol. The number of urea groups is 1. The predicted octanol–water partition coefficient (Wildman–Crippen LogP) is 2.67. The summed E-state index contributed by atoms with van der Waals surface area (Å²) in [6.07, 6.45) is 0. The van der Waals surface area contributed by atoms with Gasteiger partial charge in [-0.2, -0.15) is 0 Å². The van der Waals surface area contributed by atoms with Gasteiger partial charge in [-0.1, -0.05) is 44.2 Å². The van der Waals surface area contributed by atoms with Gasteiger partial charge in [0.15, 0.2) is 5.13 Å². The second-order valence-electron chi connectivity index (χ2n) is 6.59. The van der Waals surface area contributed by atoms with Gasteiger partial charge in [0.2, 0.25) is 5.91 Å². The quantitative estimate of drug-likeness (QED) is 0.790. The van der Waals surface area contributed by atoms with Crippen LogP contribution in [0.5, 0.6) is 0 Å². The lowest BCUT2D eigenvalue weighted by Crippen LogP contribution is -2.42. The van der Waals surface area contributed by atoms with Gasteiger partial charge in [-0.3, -0.25) is 14.5 Å². The number of benzene rings is 1. The van der Waals surface area contributed by atoms with E-state index in [1.165, 1.54) is 11.3 Å². The SMILES string of the molecule is CC(C)c1csc(NC(=O)CN2C(=O)N[C@@](C)(c3ccccc3)C2=O)n1. The van der Waals surface area contributed by atoms with Crippen molar-refractivity contribution in [1.82, 2.24) is 15.2 Å². The van der Waals surface area contributed by atoms with Crippen molar-refractivity contribution in [1.29, 1.82) is 0 Å². The van der Waals surface area contributed by atoms with Crippen LogP contribution in [0.1, 0.15) is 37.9 Å². The van der Waals surface area contributed by atoms with Gasteiger partial charge in [0.1, 0.15) is 12.1 Å². The number of carbonyl (C=O) groups is 3. The molecule has 2 N–H and O–H groups in total. The summed E-state index contributed by atoms with van der Waals surface area (Å²) in [6.45, 7) is 5.30. The van der Waals surface area contributed by atoms with Crippen molar-refractivity contribution in [2.24, 2.45) is 0 Å². The topological polar surface area (TPSA) is 91.4 Å². The molecule has 1 fully saturated rings. The van der Waals surface area contributed by atoms with Crippen LogP contribution in [0.25, 0.3) is 0 Å². The molecule has 136 valence electrons. The first kappa shape index (κ1) is 18.1. The van der Waals surface area contributed by atoms with Crippen LogP contribution in [-0.2, 0) is 15.1 Å². The molecule has 2 heterocycles. The fraction of sp³-hybridized carbons (Fsp3) is 0.333. The Bertz CT molecular complexity index is 849. The smallest absolute Gasteiger partial charge is 0.319 e. The average molecular weight is 372 g/mol. The molecule has 1 saturated heterocycles. The van der Waals surface area contributed by atoms with Crippen LogP contribution in [0.3, 0.4) is 0 Å². The predicted molar refractivity (Wildman–Crippen MR) is 98.9 cm³/mol. The van der Waals surface area contributed by atoms with Crippen molar-refractivity contribution in [2.75, 3.05) is 11.9 Å². The van der Waals surface area contributed by atoms with Crippen molar-refractivity contribution in [3.05, 3.63) is 47.0 Å². The third-order valence-electron chi connectivity index (χ3n) is 4.29. The molecule has 1 aromatic heterocycles. The molecule has 0 spiro atoms. The second-order valence-corrected chi connectivity index (χ2v) is 7.45. The first-order valence-electron chi connectivity index (χ1n) is 8.26. The van der Waals surface area contributed by atoms with Crippen LogP contribution in [0, 0.1) is 0 Å². The van der Waals surface area contributed by atoms with E-state index in [1.807, 2.05) is 25.3 Å². The first-order chi connectivity index (χ1) is 12.3. The van der Waals surface area contributed by atoms with E-state index in [0.29, 0.717) is 10.7 Å². The molecule has 1 atom stereocenters. The average Bonchev–Trinajstić information content (AvgIpc) is 3.15. The number of anilines is 1. The highest BCUT2D eigenvalue weighted by Gasteiger charge is 2.49. The third kappa shape index (κ3) is 3.32. The van der Waals surface area contributed by atoms with Crippen LogP contribution in [-0.4, -0.2) is 34.3 Å². The first-order valence-corrected chi connectivity index (χ1v) is 9.14. The number of imide groups is 1. The minimum atomic E-state index is -1.18. The van der Waals surface area contributed by atoms with Crippen molar-refractivity contribution < 1.29 is 14.4 Å². The van der Waals surface area contributed by atoms with Crippen LogP contribution < -0.4 is 10.6 Å². The number of nitrogens with one attached hydrogen (secondary N) is 2. The van der Waals surface area contributed by atoms with Gasteiger partial charge in [-0.05, 0) is 18.4 Å². The number of aromatic nitrogens is 1. The van der Waals surface area contributed by atoms with E-state index in [-0.39, 0.29) is 12.5 Å². The van der Waals surface area contributed by atoms with Gasteiger partial charge in [0.05, 0.1) is 5.69 Å². The normalized spacial score (nSPS) is 19.8. The van der Waals surface area contributed by atoms with E-state index in [1.54, 1.807) is 31.2 Å². The molecule has 7 nitrogen and oxygen atoms in total. The maximum absolute atomic E-state index is 12.8. The molecule has 0 unspecified atom stereocenters. The molecule has 2 aromatic rings. The molecular formula is C18H20N4O3S. The second kappa shape index (κ2) is 6.87. The Morgan fingerprint density at radius 3 is 2.62 bits per heavy atom. The standard InChI is InChI=1S/C18H20N4O3S/c1-11(2)13-10-26-16(19-13)20-14(23)9-22-15(24)18(3,21-17(22)25)12-7-5-4-6-8-12/h4-8,10-11H,9H2,1-3H3,(H,21,25)(H,19,20,23)/t18-/m0/s1. The summed E-state index contributed by atoms with van der Waals surface area (Å²) < 4.78 is 0. The molecule has 4 amide bonds. The van der Waals surface area contributed by atoms with E-state index >= 15 is 0 Å². The summed E-state index contributed by atoms with van der Waals surface area (Å²) in [7, 11) is 0. The van der Waals surface area contributed by atoms with Crippen molar-refractivity contribution in [2.45, 2.75) is 32.2 Å². The summed E-state index contributed by atoms with van der Waals surface area (Å²) in [5, 5.41) is 7.66. The summed E-state index contributed by atoms with van der Waals surface area (Å²) in [6, 6.07) is 8.38. The van der Waals surface area contributed by atoms with E-state index in [9.17, 15) is 14.4 Å².